The first-order valence-corrected chi connectivity index (χ1v) is 5.83. The molecule has 1 aliphatic rings. The fourth-order valence-corrected chi connectivity index (χ4v) is 2.06. The maximum atomic E-state index is 13.7. The second-order valence-corrected chi connectivity index (χ2v) is 4.63. The van der Waals surface area contributed by atoms with Crippen molar-refractivity contribution in [1.82, 2.24) is 4.90 Å². The number of carboxylic acid groups (broad SMARTS) is 1. The molecule has 1 atom stereocenters. The number of rotatable bonds is 5. The van der Waals surface area contributed by atoms with E-state index in [2.05, 4.69) is 0 Å². The Kier molecular flexibility index (Phi) is 3.52. The van der Waals surface area contributed by atoms with Crippen LogP contribution in [0.5, 0.6) is 0 Å². The van der Waals surface area contributed by atoms with Crippen molar-refractivity contribution < 1.29 is 19.1 Å². The minimum atomic E-state index is -1.33. The van der Waals surface area contributed by atoms with E-state index in [4.69, 9.17) is 11.6 Å². The summed E-state index contributed by atoms with van der Waals surface area (Å²) in [5, 5.41) is 9.45. The van der Waals surface area contributed by atoms with Crippen LogP contribution in [0.25, 0.3) is 0 Å². The molecule has 1 aromatic carbocycles. The van der Waals surface area contributed by atoms with Crippen molar-refractivity contribution in [1.29, 1.82) is 0 Å². The molecule has 0 bridgehead atoms. The molecule has 1 fully saturated rings. The van der Waals surface area contributed by atoms with Gasteiger partial charge < -0.3 is 10.0 Å². The molecule has 1 N–H and O–H groups in total. The monoisotopic (exact) mass is 271 g/mol. The Morgan fingerprint density at radius 2 is 2.22 bits per heavy atom. The normalized spacial score (nSPS) is 16.1. The third-order valence-electron chi connectivity index (χ3n) is 2.87. The van der Waals surface area contributed by atoms with E-state index in [1.165, 1.54) is 12.1 Å². The number of hydrogen-bond donors (Lipinski definition) is 1. The highest BCUT2D eigenvalue weighted by molar-refractivity contribution is 6.30. The summed E-state index contributed by atoms with van der Waals surface area (Å²) in [6, 6.07) is 2.23. The SMILES string of the molecule is O=CN(C1CC1)C(C(=O)O)c1cc(Cl)ccc1F. The van der Waals surface area contributed by atoms with Crippen LogP contribution in [0.4, 0.5) is 4.39 Å². The molecule has 4 nitrogen and oxygen atoms in total. The van der Waals surface area contributed by atoms with Crippen LogP contribution in [-0.4, -0.2) is 28.4 Å². The van der Waals surface area contributed by atoms with Gasteiger partial charge >= 0.3 is 5.97 Å². The van der Waals surface area contributed by atoms with Gasteiger partial charge in [-0.15, -0.1) is 0 Å². The Bertz CT molecular complexity index is 490. The van der Waals surface area contributed by atoms with Gasteiger partial charge in [0.2, 0.25) is 6.41 Å². The van der Waals surface area contributed by atoms with Crippen molar-refractivity contribution in [3.8, 4) is 0 Å². The zero-order chi connectivity index (χ0) is 13.3. The molecule has 0 radical (unpaired) electrons. The van der Waals surface area contributed by atoms with Crippen molar-refractivity contribution in [2.24, 2.45) is 0 Å². The van der Waals surface area contributed by atoms with Crippen LogP contribution in [-0.2, 0) is 9.59 Å². The number of nitrogens with zero attached hydrogens (tertiary/aromatic N) is 1. The number of carboxylic acids is 1. The zero-order valence-corrected chi connectivity index (χ0v) is 10.1. The summed E-state index contributed by atoms with van der Waals surface area (Å²) in [6.07, 6.45) is 1.94. The van der Waals surface area contributed by atoms with Gasteiger partial charge in [-0.1, -0.05) is 11.6 Å². The first-order valence-electron chi connectivity index (χ1n) is 5.45. The van der Waals surface area contributed by atoms with E-state index in [0.717, 1.165) is 23.8 Å². The average molecular weight is 272 g/mol. The van der Waals surface area contributed by atoms with E-state index in [1.54, 1.807) is 0 Å². The number of hydrogen-bond acceptors (Lipinski definition) is 2. The van der Waals surface area contributed by atoms with Gasteiger partial charge in [0.15, 0.2) is 6.04 Å². The van der Waals surface area contributed by atoms with Crippen LogP contribution in [0.3, 0.4) is 0 Å². The van der Waals surface area contributed by atoms with Crippen LogP contribution in [0.1, 0.15) is 24.4 Å². The standard InChI is InChI=1S/C12H11ClFNO3/c13-7-1-4-10(14)9(5-7)11(12(17)18)15(6-16)8-2-3-8/h1,4-6,8,11H,2-3H2,(H,17,18). The van der Waals surface area contributed by atoms with Crippen LogP contribution < -0.4 is 0 Å². The van der Waals surface area contributed by atoms with E-state index in [9.17, 15) is 19.1 Å². The molecule has 0 saturated heterocycles. The average Bonchev–Trinajstić information content (AvgIpc) is 3.13. The topological polar surface area (TPSA) is 57.6 Å². The molecule has 2 rings (SSSR count). The minimum Gasteiger partial charge on any atom is -0.479 e. The predicted octanol–water partition coefficient (Wildman–Crippen LogP) is 2.23. The molecule has 0 spiro atoms. The van der Waals surface area contributed by atoms with Crippen LogP contribution in [0.15, 0.2) is 18.2 Å². The van der Waals surface area contributed by atoms with Crippen LogP contribution in [0.2, 0.25) is 5.02 Å². The van der Waals surface area contributed by atoms with Gasteiger partial charge in [-0.25, -0.2) is 9.18 Å². The lowest BCUT2D eigenvalue weighted by atomic mass is 10.0. The Morgan fingerprint density at radius 3 is 2.72 bits per heavy atom. The van der Waals surface area contributed by atoms with E-state index >= 15 is 0 Å². The van der Waals surface area contributed by atoms with Gasteiger partial charge in [0.1, 0.15) is 5.82 Å². The maximum Gasteiger partial charge on any atom is 0.331 e. The second-order valence-electron chi connectivity index (χ2n) is 4.19. The van der Waals surface area contributed by atoms with Crippen molar-refractivity contribution in [3.05, 3.63) is 34.6 Å². The lowest BCUT2D eigenvalue weighted by Gasteiger charge is -2.25. The Labute approximate surface area is 108 Å². The summed E-state index contributed by atoms with van der Waals surface area (Å²) in [4.78, 5) is 23.4. The molecule has 0 heterocycles. The second kappa shape index (κ2) is 4.94. The summed E-state index contributed by atoms with van der Waals surface area (Å²) in [6.45, 7) is 0. The van der Waals surface area contributed by atoms with Crippen molar-refractivity contribution in [2.45, 2.75) is 24.9 Å². The first kappa shape index (κ1) is 12.8. The third-order valence-corrected chi connectivity index (χ3v) is 3.11. The van der Waals surface area contributed by atoms with E-state index in [-0.39, 0.29) is 16.6 Å². The van der Waals surface area contributed by atoms with E-state index in [1.807, 2.05) is 0 Å². The molecule has 1 unspecified atom stereocenters. The highest BCUT2D eigenvalue weighted by Crippen LogP contribution is 2.34. The minimum absolute atomic E-state index is 0.0889. The quantitative estimate of drug-likeness (QED) is 0.836. The number of halogens is 2. The zero-order valence-electron chi connectivity index (χ0n) is 9.35. The highest BCUT2D eigenvalue weighted by atomic mass is 35.5. The van der Waals surface area contributed by atoms with Gasteiger partial charge in [0, 0.05) is 16.6 Å². The molecule has 1 aromatic rings. The summed E-state index contributed by atoms with van der Waals surface area (Å²) >= 11 is 5.74. The molecule has 0 aromatic heterocycles. The molecular weight excluding hydrogens is 261 g/mol. The molecule has 1 amide bonds. The molecule has 0 aliphatic heterocycles. The van der Waals surface area contributed by atoms with Crippen molar-refractivity contribution >= 4 is 24.0 Å². The van der Waals surface area contributed by atoms with Crippen molar-refractivity contribution in [2.75, 3.05) is 0 Å². The van der Waals surface area contributed by atoms with Crippen LogP contribution in [0, 0.1) is 5.82 Å². The first-order chi connectivity index (χ1) is 8.54. The summed E-state index contributed by atoms with van der Waals surface area (Å²) in [5.74, 6) is -1.95. The van der Waals surface area contributed by atoms with Gasteiger partial charge in [0.25, 0.3) is 0 Å². The maximum absolute atomic E-state index is 13.7. The number of benzene rings is 1. The lowest BCUT2D eigenvalue weighted by Crippen LogP contribution is -2.35. The van der Waals surface area contributed by atoms with E-state index < -0.39 is 17.8 Å². The van der Waals surface area contributed by atoms with Crippen LogP contribution >= 0.6 is 11.6 Å². The Morgan fingerprint density at radius 1 is 1.56 bits per heavy atom. The summed E-state index contributed by atoms with van der Waals surface area (Å²) in [5.41, 5.74) is -0.0889. The fraction of sp³-hybridized carbons (Fsp3) is 0.333. The van der Waals surface area contributed by atoms with Gasteiger partial charge in [-0.05, 0) is 31.0 Å². The number of carbonyl (C=O) groups excluding carboxylic acids is 1. The Balaban J connectivity index is 2.43. The van der Waals surface area contributed by atoms with E-state index in [0.29, 0.717) is 6.41 Å². The number of amides is 1. The third kappa shape index (κ3) is 2.46. The van der Waals surface area contributed by atoms with Crippen molar-refractivity contribution in [3.63, 3.8) is 0 Å². The number of aliphatic carboxylic acids is 1. The molecule has 96 valence electrons. The summed E-state index contributed by atoms with van der Waals surface area (Å²) in [7, 11) is 0. The van der Waals surface area contributed by atoms with Gasteiger partial charge in [-0.3, -0.25) is 4.79 Å². The van der Waals surface area contributed by atoms with Gasteiger partial charge in [0.05, 0.1) is 0 Å². The predicted molar refractivity (Wildman–Crippen MR) is 62.7 cm³/mol. The highest BCUT2D eigenvalue weighted by Gasteiger charge is 2.38. The van der Waals surface area contributed by atoms with Gasteiger partial charge in [-0.2, -0.15) is 0 Å². The molecular formula is C12H11ClFNO3. The molecule has 1 saturated carbocycles. The largest absolute Gasteiger partial charge is 0.479 e. The Hall–Kier alpha value is -1.62. The molecule has 1 aliphatic carbocycles. The molecule has 18 heavy (non-hydrogen) atoms. The summed E-state index contributed by atoms with van der Waals surface area (Å²) < 4.78 is 13.7. The fourth-order valence-electron chi connectivity index (χ4n) is 1.88. The smallest absolute Gasteiger partial charge is 0.331 e. The molecule has 6 heteroatoms. The number of carbonyl (C=O) groups is 2. The lowest BCUT2D eigenvalue weighted by molar-refractivity contribution is -0.147.